The molecule has 1 aromatic carbocycles. The molecule has 0 fully saturated rings. The van der Waals surface area contributed by atoms with Crippen molar-refractivity contribution in [1.29, 1.82) is 0 Å². The Morgan fingerprint density at radius 2 is 2.29 bits per heavy atom. The Kier molecular flexibility index (Phi) is 3.80. The molecule has 4 rings (SSSR count). The predicted molar refractivity (Wildman–Crippen MR) is 88.8 cm³/mol. The highest BCUT2D eigenvalue weighted by Gasteiger charge is 2.34. The van der Waals surface area contributed by atoms with Crippen molar-refractivity contribution in [2.75, 3.05) is 6.61 Å². The van der Waals surface area contributed by atoms with Crippen LogP contribution in [-0.4, -0.2) is 43.4 Å². The summed E-state index contributed by atoms with van der Waals surface area (Å²) in [6.45, 7) is 3.85. The minimum absolute atomic E-state index is 0.362. The van der Waals surface area contributed by atoms with Crippen LogP contribution in [0.1, 0.15) is 22.8 Å². The van der Waals surface area contributed by atoms with Crippen molar-refractivity contribution in [3.8, 4) is 5.75 Å². The number of carbonyl (C=O) groups is 1. The topological polar surface area (TPSA) is 80.5 Å². The van der Waals surface area contributed by atoms with Crippen molar-refractivity contribution in [3.05, 3.63) is 39.4 Å². The lowest BCUT2D eigenvalue weighted by atomic mass is 10.1. The van der Waals surface area contributed by atoms with Crippen molar-refractivity contribution < 1.29 is 14.6 Å². The van der Waals surface area contributed by atoms with Gasteiger partial charge in [0.25, 0.3) is 0 Å². The number of aliphatic carboxylic acids is 1. The van der Waals surface area contributed by atoms with E-state index in [4.69, 9.17) is 4.74 Å². The number of rotatable bonds is 3. The molecule has 0 spiro atoms. The lowest BCUT2D eigenvalue weighted by Gasteiger charge is -2.33. The molecule has 2 aliphatic rings. The molecule has 2 aromatic rings. The van der Waals surface area contributed by atoms with E-state index in [0.29, 0.717) is 26.2 Å². The van der Waals surface area contributed by atoms with Crippen LogP contribution in [0.4, 0.5) is 0 Å². The lowest BCUT2D eigenvalue weighted by Crippen LogP contribution is -2.47. The molecule has 1 aromatic heterocycles. The fourth-order valence-corrected chi connectivity index (χ4v) is 3.99. The molecule has 1 atom stereocenters. The zero-order chi connectivity index (χ0) is 16.8. The summed E-state index contributed by atoms with van der Waals surface area (Å²) >= 11 is 3.54. The summed E-state index contributed by atoms with van der Waals surface area (Å²) in [6.07, 6.45) is 0.887. The van der Waals surface area contributed by atoms with Gasteiger partial charge in [-0.15, -0.1) is 10.2 Å². The van der Waals surface area contributed by atoms with Crippen LogP contribution in [0.25, 0.3) is 0 Å². The standard InChI is InChI=1S/C16H17BrN4O3/c1-9-18-19-14-8-20(13(16(22)23)7-21(9)14)6-11-5-12(17)4-10-2-3-24-15(10)11/h4-5,13H,2-3,6-8H2,1H3,(H,22,23). The summed E-state index contributed by atoms with van der Waals surface area (Å²) in [6, 6.07) is 3.47. The summed E-state index contributed by atoms with van der Waals surface area (Å²) in [7, 11) is 0. The second-order valence-electron chi connectivity index (χ2n) is 6.18. The van der Waals surface area contributed by atoms with Gasteiger partial charge in [0.1, 0.15) is 23.4 Å². The Hall–Kier alpha value is -1.93. The van der Waals surface area contributed by atoms with Crippen LogP contribution >= 0.6 is 15.9 Å². The first kappa shape index (κ1) is 15.6. The third kappa shape index (κ3) is 2.59. The minimum atomic E-state index is -0.832. The van der Waals surface area contributed by atoms with E-state index in [1.807, 2.05) is 22.5 Å². The van der Waals surface area contributed by atoms with E-state index >= 15 is 0 Å². The smallest absolute Gasteiger partial charge is 0.322 e. The Labute approximate surface area is 147 Å². The third-order valence-electron chi connectivity index (χ3n) is 4.64. The first-order valence-electron chi connectivity index (χ1n) is 7.82. The van der Waals surface area contributed by atoms with Crippen LogP contribution in [0.5, 0.6) is 5.75 Å². The zero-order valence-corrected chi connectivity index (χ0v) is 14.8. The summed E-state index contributed by atoms with van der Waals surface area (Å²) in [5, 5.41) is 17.9. The molecule has 0 saturated heterocycles. The molecule has 24 heavy (non-hydrogen) atoms. The number of aryl methyl sites for hydroxylation is 1. The Bertz CT molecular complexity index is 820. The minimum Gasteiger partial charge on any atom is -0.493 e. The van der Waals surface area contributed by atoms with E-state index in [1.165, 1.54) is 5.56 Å². The second kappa shape index (κ2) is 5.86. The molecule has 2 aliphatic heterocycles. The molecule has 7 nitrogen and oxygen atoms in total. The van der Waals surface area contributed by atoms with Gasteiger partial charge in [-0.1, -0.05) is 15.9 Å². The highest BCUT2D eigenvalue weighted by molar-refractivity contribution is 9.10. The molecule has 0 aliphatic carbocycles. The van der Waals surface area contributed by atoms with Crippen LogP contribution in [-0.2, 0) is 30.8 Å². The summed E-state index contributed by atoms with van der Waals surface area (Å²) in [4.78, 5) is 13.7. The molecule has 126 valence electrons. The summed E-state index contributed by atoms with van der Waals surface area (Å²) in [5.41, 5.74) is 2.18. The average Bonchev–Trinajstić information content (AvgIpc) is 3.13. The van der Waals surface area contributed by atoms with Gasteiger partial charge in [0.2, 0.25) is 0 Å². The molecule has 1 N–H and O–H groups in total. The van der Waals surface area contributed by atoms with Crippen LogP contribution in [0, 0.1) is 6.92 Å². The molecule has 0 radical (unpaired) electrons. The van der Waals surface area contributed by atoms with Crippen molar-refractivity contribution >= 4 is 21.9 Å². The normalized spacial score (nSPS) is 19.7. The molecule has 1 unspecified atom stereocenters. The number of hydrogen-bond acceptors (Lipinski definition) is 5. The van der Waals surface area contributed by atoms with Gasteiger partial charge in [0, 0.05) is 23.0 Å². The second-order valence-corrected chi connectivity index (χ2v) is 7.10. The van der Waals surface area contributed by atoms with E-state index in [0.717, 1.165) is 33.9 Å². The van der Waals surface area contributed by atoms with E-state index in [-0.39, 0.29) is 0 Å². The van der Waals surface area contributed by atoms with Gasteiger partial charge in [-0.05, 0) is 24.6 Å². The number of aromatic nitrogens is 3. The maximum absolute atomic E-state index is 11.8. The molecular formula is C16H17BrN4O3. The lowest BCUT2D eigenvalue weighted by molar-refractivity contribution is -0.145. The molecule has 0 amide bonds. The fourth-order valence-electron chi connectivity index (χ4n) is 3.44. The number of carboxylic acid groups (broad SMARTS) is 1. The van der Waals surface area contributed by atoms with Gasteiger partial charge in [-0.3, -0.25) is 9.69 Å². The van der Waals surface area contributed by atoms with E-state index < -0.39 is 12.0 Å². The maximum atomic E-state index is 11.8. The molecular weight excluding hydrogens is 376 g/mol. The number of hydrogen-bond donors (Lipinski definition) is 1. The van der Waals surface area contributed by atoms with Crippen molar-refractivity contribution in [2.45, 2.75) is 39.0 Å². The Balaban J connectivity index is 1.67. The molecule has 8 heteroatoms. The molecule has 0 bridgehead atoms. The Morgan fingerprint density at radius 1 is 1.46 bits per heavy atom. The van der Waals surface area contributed by atoms with Crippen LogP contribution in [0.15, 0.2) is 16.6 Å². The number of nitrogens with zero attached hydrogens (tertiary/aromatic N) is 4. The number of ether oxygens (including phenoxy) is 1. The Morgan fingerprint density at radius 3 is 3.08 bits per heavy atom. The maximum Gasteiger partial charge on any atom is 0.322 e. The first-order chi connectivity index (χ1) is 11.5. The fraction of sp³-hybridized carbons (Fsp3) is 0.438. The highest BCUT2D eigenvalue weighted by Crippen LogP contribution is 2.34. The van der Waals surface area contributed by atoms with Gasteiger partial charge < -0.3 is 14.4 Å². The SMILES string of the molecule is Cc1nnc2n1CC(C(=O)O)N(Cc1cc(Br)cc3c1OCC3)C2. The monoisotopic (exact) mass is 392 g/mol. The number of fused-ring (bicyclic) bond motifs is 2. The summed E-state index contributed by atoms with van der Waals surface area (Å²) in [5.74, 6) is 1.62. The zero-order valence-electron chi connectivity index (χ0n) is 13.2. The average molecular weight is 393 g/mol. The number of halogens is 1. The van der Waals surface area contributed by atoms with Crippen molar-refractivity contribution in [1.82, 2.24) is 19.7 Å². The van der Waals surface area contributed by atoms with Crippen LogP contribution < -0.4 is 4.74 Å². The quantitative estimate of drug-likeness (QED) is 0.856. The predicted octanol–water partition coefficient (Wildman–Crippen LogP) is 1.75. The van der Waals surface area contributed by atoms with E-state index in [1.54, 1.807) is 0 Å². The third-order valence-corrected chi connectivity index (χ3v) is 5.09. The van der Waals surface area contributed by atoms with Gasteiger partial charge in [-0.2, -0.15) is 0 Å². The van der Waals surface area contributed by atoms with Gasteiger partial charge in [0.15, 0.2) is 0 Å². The van der Waals surface area contributed by atoms with Gasteiger partial charge >= 0.3 is 5.97 Å². The van der Waals surface area contributed by atoms with Crippen LogP contribution in [0.2, 0.25) is 0 Å². The van der Waals surface area contributed by atoms with Gasteiger partial charge in [-0.25, -0.2) is 0 Å². The first-order valence-corrected chi connectivity index (χ1v) is 8.62. The van der Waals surface area contributed by atoms with Gasteiger partial charge in [0.05, 0.1) is 19.7 Å². The summed E-state index contributed by atoms with van der Waals surface area (Å²) < 4.78 is 8.64. The number of carboxylic acids is 1. The van der Waals surface area contributed by atoms with E-state index in [9.17, 15) is 9.90 Å². The van der Waals surface area contributed by atoms with Crippen LogP contribution in [0.3, 0.4) is 0 Å². The van der Waals surface area contributed by atoms with Crippen molar-refractivity contribution in [2.24, 2.45) is 0 Å². The highest BCUT2D eigenvalue weighted by atomic mass is 79.9. The molecule has 0 saturated carbocycles. The number of benzene rings is 1. The van der Waals surface area contributed by atoms with E-state index in [2.05, 4.69) is 32.2 Å². The van der Waals surface area contributed by atoms with Crippen molar-refractivity contribution in [3.63, 3.8) is 0 Å². The largest absolute Gasteiger partial charge is 0.493 e. The molecule has 3 heterocycles.